The first-order valence-electron chi connectivity index (χ1n) is 6.43. The van der Waals surface area contributed by atoms with E-state index >= 15 is 0 Å². The van der Waals surface area contributed by atoms with Gasteiger partial charge in [0.25, 0.3) is 0 Å². The second-order valence-electron chi connectivity index (χ2n) is 5.12. The average molecular weight is 260 g/mol. The Morgan fingerprint density at radius 2 is 2.26 bits per heavy atom. The second kappa shape index (κ2) is 4.66. The van der Waals surface area contributed by atoms with E-state index in [9.17, 15) is 10.1 Å². The van der Waals surface area contributed by atoms with Crippen LogP contribution in [0.2, 0.25) is 0 Å². The molecule has 1 N–H and O–H groups in total. The third kappa shape index (κ3) is 2.10. The number of nitro groups is 1. The highest BCUT2D eigenvalue weighted by atomic mass is 16.6. The Morgan fingerprint density at radius 3 is 2.95 bits per heavy atom. The van der Waals surface area contributed by atoms with Gasteiger partial charge >= 0.3 is 5.69 Å². The van der Waals surface area contributed by atoms with Gasteiger partial charge in [0.15, 0.2) is 5.75 Å². The van der Waals surface area contributed by atoms with Gasteiger partial charge in [-0.25, -0.2) is 0 Å². The van der Waals surface area contributed by atoms with Gasteiger partial charge in [-0.05, 0) is 48.1 Å². The molecule has 1 aliphatic carbocycles. The predicted molar refractivity (Wildman–Crippen MR) is 72.1 cm³/mol. The zero-order valence-electron chi connectivity index (χ0n) is 10.8. The normalized spacial score (nSPS) is 25.0. The van der Waals surface area contributed by atoms with Crippen LogP contribution in [0.15, 0.2) is 24.3 Å². The van der Waals surface area contributed by atoms with Crippen LogP contribution in [0.3, 0.4) is 0 Å². The Morgan fingerprint density at radius 1 is 1.42 bits per heavy atom. The van der Waals surface area contributed by atoms with Crippen molar-refractivity contribution >= 4 is 11.3 Å². The van der Waals surface area contributed by atoms with Gasteiger partial charge in [0.1, 0.15) is 0 Å². The van der Waals surface area contributed by atoms with Crippen molar-refractivity contribution in [2.24, 2.45) is 11.8 Å². The van der Waals surface area contributed by atoms with Gasteiger partial charge in [-0.1, -0.05) is 6.08 Å². The zero-order chi connectivity index (χ0) is 13.4. The molecule has 1 saturated heterocycles. The SMILES string of the molecule is COc1cc(C2=C[C@H]3CNC[C@H]3C2)ccc1[N+](=O)[O-]. The van der Waals surface area contributed by atoms with E-state index in [0.29, 0.717) is 17.6 Å². The monoisotopic (exact) mass is 260 g/mol. The number of nitro benzene ring substituents is 1. The Balaban J connectivity index is 1.92. The van der Waals surface area contributed by atoms with E-state index in [1.807, 2.05) is 6.07 Å². The predicted octanol–water partition coefficient (Wildman–Crippen LogP) is 2.23. The second-order valence-corrected chi connectivity index (χ2v) is 5.12. The minimum absolute atomic E-state index is 0.0201. The molecule has 1 fully saturated rings. The average Bonchev–Trinajstić information content (AvgIpc) is 2.98. The van der Waals surface area contributed by atoms with E-state index in [0.717, 1.165) is 25.1 Å². The molecular formula is C14H16N2O3. The molecule has 0 saturated carbocycles. The fraction of sp³-hybridized carbons (Fsp3) is 0.429. The van der Waals surface area contributed by atoms with Gasteiger partial charge in [0.05, 0.1) is 12.0 Å². The first-order chi connectivity index (χ1) is 9.19. The highest BCUT2D eigenvalue weighted by Crippen LogP contribution is 2.40. The molecule has 5 nitrogen and oxygen atoms in total. The van der Waals surface area contributed by atoms with Gasteiger partial charge in [0.2, 0.25) is 0 Å². The van der Waals surface area contributed by atoms with Crippen molar-refractivity contribution in [2.75, 3.05) is 20.2 Å². The molecule has 0 amide bonds. The van der Waals surface area contributed by atoms with E-state index in [1.165, 1.54) is 18.7 Å². The fourth-order valence-electron chi connectivity index (χ4n) is 3.02. The largest absolute Gasteiger partial charge is 0.490 e. The maximum absolute atomic E-state index is 10.9. The summed E-state index contributed by atoms with van der Waals surface area (Å²) in [5, 5.41) is 14.3. The number of rotatable bonds is 3. The molecule has 2 atom stereocenters. The molecule has 5 heteroatoms. The van der Waals surface area contributed by atoms with Gasteiger partial charge in [-0.3, -0.25) is 10.1 Å². The van der Waals surface area contributed by atoms with E-state index < -0.39 is 4.92 Å². The molecule has 0 radical (unpaired) electrons. The topological polar surface area (TPSA) is 64.4 Å². The molecule has 0 aromatic heterocycles. The molecule has 100 valence electrons. The lowest BCUT2D eigenvalue weighted by Crippen LogP contribution is -2.09. The molecule has 1 aliphatic heterocycles. The number of ether oxygens (including phenoxy) is 1. The van der Waals surface area contributed by atoms with Crippen LogP contribution in [0.5, 0.6) is 5.75 Å². The maximum Gasteiger partial charge on any atom is 0.310 e. The standard InChI is InChI=1S/C14H16N2O3/c1-19-14-6-9(2-3-13(14)16(17)18)10-4-11-7-15-8-12(11)5-10/h2-4,6,11-12,15H,5,7-8H2,1H3/t11-,12+/m0/s1. The molecule has 1 heterocycles. The van der Waals surface area contributed by atoms with Crippen molar-refractivity contribution in [3.63, 3.8) is 0 Å². The Hall–Kier alpha value is -1.88. The summed E-state index contributed by atoms with van der Waals surface area (Å²) >= 11 is 0. The minimum Gasteiger partial charge on any atom is -0.490 e. The van der Waals surface area contributed by atoms with Crippen molar-refractivity contribution in [1.29, 1.82) is 0 Å². The van der Waals surface area contributed by atoms with E-state index in [4.69, 9.17) is 4.74 Å². The Bertz CT molecular complexity index is 554. The number of allylic oxidation sites excluding steroid dienone is 1. The maximum atomic E-state index is 10.9. The molecule has 0 unspecified atom stereocenters. The number of hydrogen-bond donors (Lipinski definition) is 1. The molecular weight excluding hydrogens is 244 g/mol. The third-order valence-corrected chi connectivity index (χ3v) is 4.04. The number of nitrogens with one attached hydrogen (secondary N) is 1. The summed E-state index contributed by atoms with van der Waals surface area (Å²) in [4.78, 5) is 10.5. The zero-order valence-corrected chi connectivity index (χ0v) is 10.8. The van der Waals surface area contributed by atoms with Crippen LogP contribution in [0, 0.1) is 22.0 Å². The summed E-state index contributed by atoms with van der Waals surface area (Å²) in [6.45, 7) is 2.10. The number of nitrogens with zero attached hydrogens (tertiary/aromatic N) is 1. The lowest BCUT2D eigenvalue weighted by molar-refractivity contribution is -0.385. The van der Waals surface area contributed by atoms with Crippen molar-refractivity contribution < 1.29 is 9.66 Å². The molecule has 3 rings (SSSR count). The van der Waals surface area contributed by atoms with Crippen molar-refractivity contribution in [2.45, 2.75) is 6.42 Å². The van der Waals surface area contributed by atoms with Gasteiger partial charge in [-0.2, -0.15) is 0 Å². The van der Waals surface area contributed by atoms with Crippen molar-refractivity contribution in [3.05, 3.63) is 40.0 Å². The van der Waals surface area contributed by atoms with Crippen LogP contribution in [0.4, 0.5) is 5.69 Å². The summed E-state index contributed by atoms with van der Waals surface area (Å²) in [6, 6.07) is 5.13. The quantitative estimate of drug-likeness (QED) is 0.668. The molecule has 2 aliphatic rings. The molecule has 19 heavy (non-hydrogen) atoms. The summed E-state index contributed by atoms with van der Waals surface area (Å²) < 4.78 is 5.12. The molecule has 1 aromatic carbocycles. The van der Waals surface area contributed by atoms with E-state index in [1.54, 1.807) is 6.07 Å². The first kappa shape index (κ1) is 12.2. The highest BCUT2D eigenvalue weighted by Gasteiger charge is 2.32. The number of benzene rings is 1. The van der Waals surface area contributed by atoms with Crippen LogP contribution in [-0.4, -0.2) is 25.1 Å². The number of methoxy groups -OCH3 is 1. The molecule has 0 bridgehead atoms. The molecule has 1 aromatic rings. The first-order valence-corrected chi connectivity index (χ1v) is 6.43. The van der Waals surface area contributed by atoms with Gasteiger partial charge in [-0.15, -0.1) is 0 Å². The summed E-state index contributed by atoms with van der Waals surface area (Å²) in [7, 11) is 1.47. The fourth-order valence-corrected chi connectivity index (χ4v) is 3.02. The lowest BCUT2D eigenvalue weighted by atomic mass is 9.98. The van der Waals surface area contributed by atoms with Crippen LogP contribution in [-0.2, 0) is 0 Å². The van der Waals surface area contributed by atoms with Crippen LogP contribution < -0.4 is 10.1 Å². The van der Waals surface area contributed by atoms with Crippen LogP contribution in [0.25, 0.3) is 5.57 Å². The Labute approximate surface area is 111 Å². The highest BCUT2D eigenvalue weighted by molar-refractivity contribution is 5.71. The van der Waals surface area contributed by atoms with E-state index in [-0.39, 0.29) is 5.69 Å². The lowest BCUT2D eigenvalue weighted by Gasteiger charge is -2.08. The van der Waals surface area contributed by atoms with Crippen molar-refractivity contribution in [1.82, 2.24) is 5.32 Å². The summed E-state index contributed by atoms with van der Waals surface area (Å²) in [5.41, 5.74) is 2.34. The van der Waals surface area contributed by atoms with Gasteiger partial charge in [0, 0.05) is 12.6 Å². The number of fused-ring (bicyclic) bond motifs is 1. The van der Waals surface area contributed by atoms with Gasteiger partial charge < -0.3 is 10.1 Å². The summed E-state index contributed by atoms with van der Waals surface area (Å²) in [5.74, 6) is 1.62. The minimum atomic E-state index is -0.412. The van der Waals surface area contributed by atoms with Crippen LogP contribution in [0.1, 0.15) is 12.0 Å². The smallest absolute Gasteiger partial charge is 0.310 e. The number of hydrogen-bond acceptors (Lipinski definition) is 4. The van der Waals surface area contributed by atoms with Crippen LogP contribution >= 0.6 is 0 Å². The Kier molecular flexibility index (Phi) is 2.98. The molecule has 0 spiro atoms. The van der Waals surface area contributed by atoms with E-state index in [2.05, 4.69) is 11.4 Å². The summed E-state index contributed by atoms with van der Waals surface area (Å²) in [6.07, 6.45) is 3.34. The third-order valence-electron chi connectivity index (χ3n) is 4.04. The van der Waals surface area contributed by atoms with Crippen molar-refractivity contribution in [3.8, 4) is 5.75 Å².